The van der Waals surface area contributed by atoms with Crippen molar-refractivity contribution in [1.29, 1.82) is 0 Å². The Balaban J connectivity index is 0.973. The first-order valence-corrected chi connectivity index (χ1v) is 20.1. The van der Waals surface area contributed by atoms with E-state index < -0.39 is 0 Å². The van der Waals surface area contributed by atoms with Crippen LogP contribution in [0.25, 0.3) is 71.6 Å². The van der Waals surface area contributed by atoms with Crippen LogP contribution in [0.2, 0.25) is 0 Å². The molecule has 0 saturated carbocycles. The van der Waals surface area contributed by atoms with Crippen LogP contribution in [-0.2, 0) is 5.54 Å². The number of rotatable bonds is 7. The summed E-state index contributed by atoms with van der Waals surface area (Å²) in [6, 6.07) is 69.6. The predicted octanol–water partition coefficient (Wildman–Crippen LogP) is 15.3. The fraction of sp³-hybridized carbons (Fsp3) is 0.0545. The Morgan fingerprint density at radius 1 is 0.466 bits per heavy atom. The molecule has 3 nitrogen and oxygen atoms in total. The number of furan rings is 1. The lowest BCUT2D eigenvalue weighted by Gasteiger charge is -2.33. The Morgan fingerprint density at radius 2 is 0.983 bits per heavy atom. The largest absolute Gasteiger partial charge is 0.455 e. The third-order valence-electron chi connectivity index (χ3n) is 11.9. The van der Waals surface area contributed by atoms with E-state index in [1.165, 1.54) is 44.1 Å². The zero-order chi connectivity index (χ0) is 38.6. The topological polar surface area (TPSA) is 21.3 Å². The normalized spacial score (nSPS) is 15.4. The summed E-state index contributed by atoms with van der Waals surface area (Å²) in [4.78, 5) is 2.34. The van der Waals surface area contributed by atoms with Crippen LogP contribution in [0.1, 0.15) is 18.9 Å². The highest BCUT2D eigenvalue weighted by molar-refractivity contribution is 6.10. The summed E-state index contributed by atoms with van der Waals surface area (Å²) in [7, 11) is 0. The molecule has 0 radical (unpaired) electrons. The molecule has 3 heteroatoms. The quantitative estimate of drug-likeness (QED) is 0.162. The molecule has 0 fully saturated rings. The summed E-state index contributed by atoms with van der Waals surface area (Å²) < 4.78 is 8.95. The Labute approximate surface area is 338 Å². The van der Waals surface area contributed by atoms with E-state index in [1.807, 2.05) is 12.1 Å². The molecule has 1 aliphatic carbocycles. The minimum atomic E-state index is -0.230. The average molecular weight is 745 g/mol. The molecule has 0 bridgehead atoms. The van der Waals surface area contributed by atoms with Crippen LogP contribution in [-0.4, -0.2) is 4.57 Å². The fourth-order valence-electron chi connectivity index (χ4n) is 9.12. The highest BCUT2D eigenvalue weighted by Crippen LogP contribution is 2.43. The number of benzene rings is 8. The number of fused-ring (bicyclic) bond motifs is 6. The van der Waals surface area contributed by atoms with Crippen molar-refractivity contribution >= 4 is 66.4 Å². The van der Waals surface area contributed by atoms with E-state index in [0.717, 1.165) is 56.5 Å². The van der Waals surface area contributed by atoms with Gasteiger partial charge in [-0.1, -0.05) is 158 Å². The molecule has 1 unspecified atom stereocenters. The number of allylic oxidation sites excluding steroid dienone is 4. The number of hydrogen-bond acceptors (Lipinski definition) is 2. The van der Waals surface area contributed by atoms with E-state index in [9.17, 15) is 0 Å². The van der Waals surface area contributed by atoms with E-state index in [2.05, 4.69) is 217 Å². The van der Waals surface area contributed by atoms with Crippen LogP contribution in [0.4, 0.5) is 17.1 Å². The standard InChI is InChI=1S/C55H40N2O/c1-55(57-51-21-8-5-16-47(51)48-17-6-9-22-52(48)57)36-12-15-42(37-55)40-26-32-44(33-27-40)56(43-30-24-39(25-31-43)38-13-3-2-4-14-38)45-34-28-41(29-35-45)46-19-11-20-50-49-18-7-10-23-53(49)58-54(46)50/h2-35,37H,36H2,1H3. The van der Waals surface area contributed by atoms with E-state index in [4.69, 9.17) is 4.42 Å². The van der Waals surface area contributed by atoms with Crippen molar-refractivity contribution in [1.82, 2.24) is 4.57 Å². The van der Waals surface area contributed by atoms with Crippen molar-refractivity contribution in [2.75, 3.05) is 4.90 Å². The Hall–Kier alpha value is -7.36. The zero-order valence-corrected chi connectivity index (χ0v) is 32.2. The van der Waals surface area contributed by atoms with Crippen LogP contribution < -0.4 is 4.90 Å². The molecular formula is C55H40N2O. The molecule has 276 valence electrons. The molecule has 11 rings (SSSR count). The van der Waals surface area contributed by atoms with Crippen LogP contribution in [0, 0.1) is 0 Å². The van der Waals surface area contributed by atoms with Crippen LogP contribution in [0.15, 0.2) is 217 Å². The summed E-state index contributed by atoms with van der Waals surface area (Å²) >= 11 is 0. The van der Waals surface area contributed by atoms with Gasteiger partial charge in [0.2, 0.25) is 0 Å². The third-order valence-corrected chi connectivity index (χ3v) is 11.9. The highest BCUT2D eigenvalue weighted by Gasteiger charge is 2.29. The summed E-state index contributed by atoms with van der Waals surface area (Å²) in [5.74, 6) is 0. The van der Waals surface area contributed by atoms with Crippen molar-refractivity contribution in [2.45, 2.75) is 18.9 Å². The van der Waals surface area contributed by atoms with Crippen molar-refractivity contribution in [3.8, 4) is 22.3 Å². The summed E-state index contributed by atoms with van der Waals surface area (Å²) in [5, 5.41) is 4.87. The van der Waals surface area contributed by atoms with Crippen LogP contribution in [0.3, 0.4) is 0 Å². The van der Waals surface area contributed by atoms with Gasteiger partial charge in [-0.25, -0.2) is 0 Å². The van der Waals surface area contributed by atoms with E-state index in [1.54, 1.807) is 0 Å². The molecule has 0 N–H and O–H groups in total. The maximum Gasteiger partial charge on any atom is 0.143 e. The minimum absolute atomic E-state index is 0.230. The van der Waals surface area contributed by atoms with Gasteiger partial charge in [0.1, 0.15) is 11.2 Å². The Morgan fingerprint density at radius 3 is 1.64 bits per heavy atom. The molecule has 0 spiro atoms. The molecule has 1 aliphatic rings. The first kappa shape index (κ1) is 33.9. The van der Waals surface area contributed by atoms with Gasteiger partial charge in [0.05, 0.1) is 5.54 Å². The van der Waals surface area contributed by atoms with Gasteiger partial charge in [-0.2, -0.15) is 0 Å². The lowest BCUT2D eigenvalue weighted by Crippen LogP contribution is -2.28. The number of hydrogen-bond donors (Lipinski definition) is 0. The van der Waals surface area contributed by atoms with Gasteiger partial charge in [-0.05, 0) is 95.8 Å². The summed E-state index contributed by atoms with van der Waals surface area (Å²) in [6.45, 7) is 2.36. The summed E-state index contributed by atoms with van der Waals surface area (Å²) in [5.41, 5.74) is 14.4. The first-order valence-electron chi connectivity index (χ1n) is 20.1. The maximum absolute atomic E-state index is 6.41. The SMILES string of the molecule is CC1(n2c3ccccc3c3ccccc32)C=C(c2ccc(N(c3ccc(-c4ccccc4)cc3)c3ccc(-c4cccc5c4oc4ccccc45)cc3)cc2)C=CC1. The van der Waals surface area contributed by atoms with Gasteiger partial charge in [0.15, 0.2) is 0 Å². The molecule has 2 aromatic heterocycles. The third kappa shape index (κ3) is 5.66. The molecule has 0 aliphatic heterocycles. The Kier molecular flexibility index (Phi) is 8.01. The minimum Gasteiger partial charge on any atom is -0.455 e. The maximum atomic E-state index is 6.41. The molecule has 8 aromatic carbocycles. The number of aromatic nitrogens is 1. The average Bonchev–Trinajstić information content (AvgIpc) is 3.84. The second-order valence-electron chi connectivity index (χ2n) is 15.6. The van der Waals surface area contributed by atoms with Crippen LogP contribution in [0.5, 0.6) is 0 Å². The number of para-hydroxylation sites is 4. The number of nitrogens with zero attached hydrogens (tertiary/aromatic N) is 2. The van der Waals surface area contributed by atoms with Gasteiger partial charge < -0.3 is 13.9 Å². The molecular weight excluding hydrogens is 705 g/mol. The van der Waals surface area contributed by atoms with Gasteiger partial charge >= 0.3 is 0 Å². The highest BCUT2D eigenvalue weighted by atomic mass is 16.3. The van der Waals surface area contributed by atoms with Gasteiger partial charge in [-0.15, -0.1) is 0 Å². The van der Waals surface area contributed by atoms with Crippen molar-refractivity contribution in [2.24, 2.45) is 0 Å². The van der Waals surface area contributed by atoms with Gasteiger partial charge in [0.25, 0.3) is 0 Å². The second kappa shape index (κ2) is 13.7. The second-order valence-corrected chi connectivity index (χ2v) is 15.6. The first-order chi connectivity index (χ1) is 28.6. The lowest BCUT2D eigenvalue weighted by atomic mass is 9.86. The summed E-state index contributed by atoms with van der Waals surface area (Å²) in [6.07, 6.45) is 8.00. The zero-order valence-electron chi connectivity index (χ0n) is 32.2. The van der Waals surface area contributed by atoms with Crippen molar-refractivity contribution in [3.05, 3.63) is 218 Å². The van der Waals surface area contributed by atoms with Crippen molar-refractivity contribution in [3.63, 3.8) is 0 Å². The van der Waals surface area contributed by atoms with E-state index >= 15 is 0 Å². The van der Waals surface area contributed by atoms with Gasteiger partial charge in [0, 0.05) is 55.2 Å². The van der Waals surface area contributed by atoms with E-state index in [0.29, 0.717) is 0 Å². The lowest BCUT2D eigenvalue weighted by molar-refractivity contribution is 0.439. The monoisotopic (exact) mass is 744 g/mol. The molecule has 0 amide bonds. The van der Waals surface area contributed by atoms with Crippen molar-refractivity contribution < 1.29 is 4.42 Å². The van der Waals surface area contributed by atoms with Crippen LogP contribution >= 0.6 is 0 Å². The molecule has 58 heavy (non-hydrogen) atoms. The van der Waals surface area contributed by atoms with Gasteiger partial charge in [-0.3, -0.25) is 0 Å². The number of anilines is 3. The fourth-order valence-corrected chi connectivity index (χ4v) is 9.12. The Bertz CT molecular complexity index is 3130. The molecule has 0 saturated heterocycles. The molecule has 1 atom stereocenters. The predicted molar refractivity (Wildman–Crippen MR) is 244 cm³/mol. The molecule has 2 heterocycles. The smallest absolute Gasteiger partial charge is 0.143 e. The van der Waals surface area contributed by atoms with E-state index in [-0.39, 0.29) is 5.54 Å². The molecule has 10 aromatic rings.